The second kappa shape index (κ2) is 6.68. The van der Waals surface area contributed by atoms with Gasteiger partial charge in [-0.2, -0.15) is 0 Å². The molecule has 0 aliphatic carbocycles. The van der Waals surface area contributed by atoms with Gasteiger partial charge in [0, 0.05) is 6.42 Å². The summed E-state index contributed by atoms with van der Waals surface area (Å²) in [6.45, 7) is 3.64. The average molecular weight is 310 g/mol. The van der Waals surface area contributed by atoms with Crippen molar-refractivity contribution in [3.8, 4) is 0 Å². The van der Waals surface area contributed by atoms with Crippen molar-refractivity contribution < 1.29 is 14.3 Å². The summed E-state index contributed by atoms with van der Waals surface area (Å²) in [5.74, 6) is 0.393. The van der Waals surface area contributed by atoms with Crippen LogP contribution in [0.25, 0.3) is 0 Å². The Balaban J connectivity index is 1.84. The zero-order valence-electron chi connectivity index (χ0n) is 11.9. The van der Waals surface area contributed by atoms with Gasteiger partial charge in [0.1, 0.15) is 16.4 Å². The number of amides is 2. The van der Waals surface area contributed by atoms with Crippen LogP contribution in [0.1, 0.15) is 31.0 Å². The highest BCUT2D eigenvalue weighted by atomic mass is 32.1. The van der Waals surface area contributed by atoms with E-state index < -0.39 is 11.6 Å². The van der Waals surface area contributed by atoms with Gasteiger partial charge in [-0.25, -0.2) is 4.79 Å². The quantitative estimate of drug-likeness (QED) is 0.758. The van der Waals surface area contributed by atoms with Crippen LogP contribution in [0.3, 0.4) is 0 Å². The Kier molecular flexibility index (Phi) is 4.92. The highest BCUT2D eigenvalue weighted by Gasteiger charge is 2.26. The van der Waals surface area contributed by atoms with Gasteiger partial charge in [0.15, 0.2) is 0 Å². The number of nitrogens with one attached hydrogen (secondary N) is 2. The van der Waals surface area contributed by atoms with E-state index in [-0.39, 0.29) is 6.54 Å². The van der Waals surface area contributed by atoms with Crippen molar-refractivity contribution in [2.24, 2.45) is 0 Å². The highest BCUT2D eigenvalue weighted by Crippen LogP contribution is 2.20. The normalized spacial score (nSPS) is 13.7. The maximum atomic E-state index is 11.8. The molecule has 0 fully saturated rings. The van der Waals surface area contributed by atoms with E-state index in [9.17, 15) is 9.90 Å². The number of rotatable bonds is 6. The van der Waals surface area contributed by atoms with E-state index in [0.717, 1.165) is 17.8 Å². The summed E-state index contributed by atoms with van der Waals surface area (Å²) in [6.07, 6.45) is 3.29. The fourth-order valence-corrected chi connectivity index (χ4v) is 2.52. The number of aromatic nitrogens is 2. The summed E-state index contributed by atoms with van der Waals surface area (Å²) in [6, 6.07) is 2.89. The summed E-state index contributed by atoms with van der Waals surface area (Å²) in [5.41, 5.74) is -1.27. The molecule has 1 atom stereocenters. The summed E-state index contributed by atoms with van der Waals surface area (Å²) < 4.78 is 5.14. The molecule has 0 aliphatic heterocycles. The molecule has 0 saturated heterocycles. The molecule has 0 bridgehead atoms. The Bertz CT molecular complexity index is 580. The molecule has 7 nitrogen and oxygen atoms in total. The molecule has 2 amide bonds. The first-order valence-corrected chi connectivity index (χ1v) is 7.46. The molecule has 114 valence electrons. The molecule has 0 unspecified atom stereocenters. The molecule has 3 N–H and O–H groups in total. The van der Waals surface area contributed by atoms with Crippen molar-refractivity contribution in [1.82, 2.24) is 15.5 Å². The summed E-state index contributed by atoms with van der Waals surface area (Å²) in [5, 5.41) is 24.6. The number of hydrogen-bond acceptors (Lipinski definition) is 6. The fraction of sp³-hybridized carbons (Fsp3) is 0.462. The van der Waals surface area contributed by atoms with E-state index >= 15 is 0 Å². The van der Waals surface area contributed by atoms with Gasteiger partial charge >= 0.3 is 6.03 Å². The Morgan fingerprint density at radius 2 is 2.33 bits per heavy atom. The molecule has 0 aromatic carbocycles. The maximum Gasteiger partial charge on any atom is 0.321 e. The van der Waals surface area contributed by atoms with E-state index in [2.05, 4.69) is 27.8 Å². The second-order valence-electron chi connectivity index (χ2n) is 4.81. The minimum atomic E-state index is -1.27. The van der Waals surface area contributed by atoms with Gasteiger partial charge in [0.2, 0.25) is 5.13 Å². The first kappa shape index (κ1) is 15.5. The smallest absolute Gasteiger partial charge is 0.321 e. The second-order valence-corrected chi connectivity index (χ2v) is 5.87. The average Bonchev–Trinajstić information content (AvgIpc) is 3.09. The van der Waals surface area contributed by atoms with Crippen LogP contribution in [0.2, 0.25) is 0 Å². The van der Waals surface area contributed by atoms with Crippen molar-refractivity contribution in [2.45, 2.75) is 32.3 Å². The molecule has 0 radical (unpaired) electrons. The lowest BCUT2D eigenvalue weighted by molar-refractivity contribution is 0.0372. The Hall–Kier alpha value is -1.93. The van der Waals surface area contributed by atoms with Gasteiger partial charge in [-0.3, -0.25) is 5.32 Å². The van der Waals surface area contributed by atoms with Crippen LogP contribution in [-0.4, -0.2) is 27.9 Å². The van der Waals surface area contributed by atoms with E-state index in [1.807, 2.05) is 0 Å². The number of carbonyl (C=O) groups excluding carboxylic acids is 1. The van der Waals surface area contributed by atoms with Gasteiger partial charge < -0.3 is 14.8 Å². The fourth-order valence-electron chi connectivity index (χ4n) is 1.68. The van der Waals surface area contributed by atoms with Crippen LogP contribution in [-0.2, 0) is 12.0 Å². The number of urea groups is 1. The molecule has 8 heteroatoms. The van der Waals surface area contributed by atoms with Crippen LogP contribution in [0.15, 0.2) is 22.8 Å². The topological polar surface area (TPSA) is 100 Å². The number of nitrogens with zero attached hydrogens (tertiary/aromatic N) is 2. The molecular formula is C13H18N4O3S. The number of aliphatic hydroxyl groups is 1. The lowest BCUT2D eigenvalue weighted by Crippen LogP contribution is -2.40. The minimum absolute atomic E-state index is 0.0208. The largest absolute Gasteiger partial charge is 0.466 e. The first-order chi connectivity index (χ1) is 10.0. The van der Waals surface area contributed by atoms with Gasteiger partial charge in [-0.1, -0.05) is 18.3 Å². The Morgan fingerprint density at radius 1 is 1.52 bits per heavy atom. The molecule has 2 rings (SSSR count). The third kappa shape index (κ3) is 4.27. The van der Waals surface area contributed by atoms with Crippen molar-refractivity contribution >= 4 is 22.5 Å². The highest BCUT2D eigenvalue weighted by molar-refractivity contribution is 7.15. The molecular weight excluding hydrogens is 292 g/mol. The third-order valence-corrected chi connectivity index (χ3v) is 3.69. The van der Waals surface area contributed by atoms with Gasteiger partial charge in [0.05, 0.1) is 12.8 Å². The predicted octanol–water partition coefficient (Wildman–Crippen LogP) is 2.11. The summed E-state index contributed by atoms with van der Waals surface area (Å²) in [7, 11) is 0. The number of furan rings is 1. The van der Waals surface area contributed by atoms with Gasteiger partial charge in [-0.15, -0.1) is 10.2 Å². The van der Waals surface area contributed by atoms with E-state index in [1.54, 1.807) is 19.1 Å². The minimum Gasteiger partial charge on any atom is -0.466 e. The zero-order chi connectivity index (χ0) is 15.3. The summed E-state index contributed by atoms with van der Waals surface area (Å²) >= 11 is 1.34. The molecule has 0 aliphatic rings. The molecule has 2 aromatic rings. The lowest BCUT2D eigenvalue weighted by atomic mass is 10.0. The van der Waals surface area contributed by atoms with Crippen molar-refractivity contribution in [3.05, 3.63) is 29.2 Å². The van der Waals surface area contributed by atoms with Crippen LogP contribution < -0.4 is 10.6 Å². The number of hydrogen-bond donors (Lipinski definition) is 3. The van der Waals surface area contributed by atoms with Crippen LogP contribution in [0.5, 0.6) is 0 Å². The first-order valence-electron chi connectivity index (χ1n) is 6.65. The predicted molar refractivity (Wildman–Crippen MR) is 79.2 cm³/mol. The molecule has 0 spiro atoms. The molecule has 21 heavy (non-hydrogen) atoms. The van der Waals surface area contributed by atoms with Crippen molar-refractivity contribution in [2.75, 3.05) is 11.9 Å². The van der Waals surface area contributed by atoms with E-state index in [1.165, 1.54) is 17.6 Å². The maximum absolute atomic E-state index is 11.8. The van der Waals surface area contributed by atoms with E-state index in [4.69, 9.17) is 4.42 Å². The molecule has 2 heterocycles. The Labute approximate surface area is 126 Å². The van der Waals surface area contributed by atoms with Crippen LogP contribution in [0, 0.1) is 0 Å². The third-order valence-electron chi connectivity index (χ3n) is 2.80. The SMILES string of the molecule is CCCc1nnc(NC(=O)NC[C@](C)(O)c2ccco2)s1. The molecule has 2 aromatic heterocycles. The van der Waals surface area contributed by atoms with Crippen molar-refractivity contribution in [1.29, 1.82) is 0 Å². The monoisotopic (exact) mass is 310 g/mol. The zero-order valence-corrected chi connectivity index (χ0v) is 12.7. The van der Waals surface area contributed by atoms with Gasteiger partial charge in [0.25, 0.3) is 0 Å². The number of carbonyl (C=O) groups is 1. The van der Waals surface area contributed by atoms with Crippen molar-refractivity contribution in [3.63, 3.8) is 0 Å². The lowest BCUT2D eigenvalue weighted by Gasteiger charge is -2.20. The van der Waals surface area contributed by atoms with Crippen LogP contribution >= 0.6 is 11.3 Å². The number of aryl methyl sites for hydroxylation is 1. The number of anilines is 1. The standard InChI is InChI=1S/C13H18N4O3S/c1-3-5-10-16-17-12(21-10)15-11(18)14-8-13(2,19)9-6-4-7-20-9/h4,6-7,19H,3,5,8H2,1-2H3,(H2,14,15,17,18)/t13-/m0/s1. The summed E-state index contributed by atoms with van der Waals surface area (Å²) in [4.78, 5) is 11.8. The Morgan fingerprint density at radius 3 is 3.00 bits per heavy atom. The van der Waals surface area contributed by atoms with Gasteiger partial charge in [-0.05, 0) is 25.5 Å². The van der Waals surface area contributed by atoms with E-state index in [0.29, 0.717) is 10.9 Å². The molecule has 0 saturated carbocycles. The van der Waals surface area contributed by atoms with Crippen LogP contribution in [0.4, 0.5) is 9.93 Å².